The van der Waals surface area contributed by atoms with Gasteiger partial charge in [0.2, 0.25) is 12.0 Å². The Morgan fingerprint density at radius 1 is 1.52 bits per heavy atom. The van der Waals surface area contributed by atoms with Gasteiger partial charge in [-0.05, 0) is 48.2 Å². The topological polar surface area (TPSA) is 76.0 Å². The number of aliphatic hydroxyl groups excluding tert-OH is 1. The van der Waals surface area contributed by atoms with Crippen molar-refractivity contribution >= 4 is 17.3 Å². The summed E-state index contributed by atoms with van der Waals surface area (Å²) in [6.07, 6.45) is 2.41. The molecule has 0 unspecified atom stereocenters. The standard InChI is InChI=1S/C15H20O5S/c1-2-19-15-11(4-3-6-16)12(10-5-7-21-9-10)8-13(20-15)14(17)18/h5,7-9,11-12,15-16H,2-4,6H2,1H3,(H,17,18)/t11-,12-,15-/m0/s1. The van der Waals surface area contributed by atoms with Gasteiger partial charge in [-0.15, -0.1) is 0 Å². The maximum atomic E-state index is 11.3. The van der Waals surface area contributed by atoms with E-state index in [0.717, 1.165) is 5.56 Å². The Morgan fingerprint density at radius 3 is 2.90 bits per heavy atom. The highest BCUT2D eigenvalue weighted by Crippen LogP contribution is 2.39. The van der Waals surface area contributed by atoms with Gasteiger partial charge in [-0.25, -0.2) is 4.79 Å². The Bertz CT molecular complexity index is 482. The summed E-state index contributed by atoms with van der Waals surface area (Å²) in [4.78, 5) is 11.3. The number of carboxylic acids is 1. The van der Waals surface area contributed by atoms with E-state index in [1.807, 2.05) is 23.8 Å². The van der Waals surface area contributed by atoms with Crippen molar-refractivity contribution in [3.05, 3.63) is 34.2 Å². The van der Waals surface area contributed by atoms with E-state index in [-0.39, 0.29) is 24.2 Å². The van der Waals surface area contributed by atoms with Crippen molar-refractivity contribution in [2.75, 3.05) is 13.2 Å². The Kier molecular flexibility index (Phi) is 5.78. The molecule has 5 nitrogen and oxygen atoms in total. The number of rotatable bonds is 7. The van der Waals surface area contributed by atoms with Crippen LogP contribution in [0.25, 0.3) is 0 Å². The molecule has 2 heterocycles. The van der Waals surface area contributed by atoms with Gasteiger partial charge in [-0.1, -0.05) is 0 Å². The van der Waals surface area contributed by atoms with Crippen LogP contribution < -0.4 is 0 Å². The lowest BCUT2D eigenvalue weighted by atomic mass is 9.82. The van der Waals surface area contributed by atoms with Crippen LogP contribution in [-0.2, 0) is 14.3 Å². The van der Waals surface area contributed by atoms with E-state index in [1.54, 1.807) is 17.4 Å². The fourth-order valence-electron chi connectivity index (χ4n) is 2.60. The number of hydrogen-bond acceptors (Lipinski definition) is 5. The van der Waals surface area contributed by atoms with Crippen LogP contribution in [-0.4, -0.2) is 35.7 Å². The molecule has 2 rings (SSSR count). The van der Waals surface area contributed by atoms with Gasteiger partial charge in [0.05, 0.1) is 0 Å². The first-order valence-corrected chi connectivity index (χ1v) is 7.98. The van der Waals surface area contributed by atoms with E-state index in [9.17, 15) is 9.90 Å². The van der Waals surface area contributed by atoms with Crippen molar-refractivity contribution < 1.29 is 24.5 Å². The van der Waals surface area contributed by atoms with Gasteiger partial charge in [0.15, 0.2) is 0 Å². The molecule has 0 aliphatic carbocycles. The van der Waals surface area contributed by atoms with Crippen molar-refractivity contribution in [2.24, 2.45) is 5.92 Å². The summed E-state index contributed by atoms with van der Waals surface area (Å²) in [7, 11) is 0. The van der Waals surface area contributed by atoms with Crippen molar-refractivity contribution in [1.29, 1.82) is 0 Å². The number of aliphatic carboxylic acids is 1. The zero-order valence-electron chi connectivity index (χ0n) is 11.9. The third kappa shape index (κ3) is 3.84. The molecule has 0 aromatic carbocycles. The van der Waals surface area contributed by atoms with Crippen molar-refractivity contribution in [3.63, 3.8) is 0 Å². The minimum atomic E-state index is -1.08. The molecule has 0 amide bonds. The second-order valence-electron chi connectivity index (χ2n) is 4.89. The first-order chi connectivity index (χ1) is 10.2. The predicted octanol–water partition coefficient (Wildman–Crippen LogP) is 2.58. The van der Waals surface area contributed by atoms with E-state index in [4.69, 9.17) is 14.6 Å². The maximum absolute atomic E-state index is 11.3. The van der Waals surface area contributed by atoms with Gasteiger partial charge in [-0.3, -0.25) is 0 Å². The Morgan fingerprint density at radius 2 is 2.33 bits per heavy atom. The lowest BCUT2D eigenvalue weighted by Crippen LogP contribution is -2.36. The molecule has 116 valence electrons. The third-order valence-corrected chi connectivity index (χ3v) is 4.25. The summed E-state index contributed by atoms with van der Waals surface area (Å²) < 4.78 is 11.1. The van der Waals surface area contributed by atoms with E-state index < -0.39 is 12.3 Å². The normalized spacial score (nSPS) is 25.2. The lowest BCUT2D eigenvalue weighted by molar-refractivity contribution is -0.173. The summed E-state index contributed by atoms with van der Waals surface area (Å²) in [6.45, 7) is 2.40. The second-order valence-corrected chi connectivity index (χ2v) is 5.67. The Hall–Kier alpha value is -1.37. The van der Waals surface area contributed by atoms with Crippen LogP contribution in [0.5, 0.6) is 0 Å². The van der Waals surface area contributed by atoms with Gasteiger partial charge in [0.25, 0.3) is 0 Å². The number of allylic oxidation sites excluding steroid dienone is 1. The molecular weight excluding hydrogens is 292 g/mol. The van der Waals surface area contributed by atoms with Crippen molar-refractivity contribution in [3.8, 4) is 0 Å². The lowest BCUT2D eigenvalue weighted by Gasteiger charge is -2.36. The van der Waals surface area contributed by atoms with Gasteiger partial charge >= 0.3 is 5.97 Å². The molecule has 2 N–H and O–H groups in total. The molecule has 0 saturated carbocycles. The predicted molar refractivity (Wildman–Crippen MR) is 79.1 cm³/mol. The SMILES string of the molecule is CCO[C@H]1OC(C(=O)O)=C[C@@H](c2ccsc2)[C@@H]1CCCO. The molecule has 1 aliphatic heterocycles. The van der Waals surface area contributed by atoms with E-state index in [1.165, 1.54) is 0 Å². The fraction of sp³-hybridized carbons (Fsp3) is 0.533. The van der Waals surface area contributed by atoms with E-state index in [2.05, 4.69) is 0 Å². The van der Waals surface area contributed by atoms with Crippen LogP contribution in [0.2, 0.25) is 0 Å². The van der Waals surface area contributed by atoms with Crippen molar-refractivity contribution in [2.45, 2.75) is 32.0 Å². The Labute approximate surface area is 127 Å². The highest BCUT2D eigenvalue weighted by atomic mass is 32.1. The molecule has 0 saturated heterocycles. The number of hydrogen-bond donors (Lipinski definition) is 2. The van der Waals surface area contributed by atoms with Crippen LogP contribution in [0.4, 0.5) is 0 Å². The molecule has 0 spiro atoms. The van der Waals surface area contributed by atoms with Crippen LogP contribution >= 0.6 is 11.3 Å². The average Bonchev–Trinajstić information content (AvgIpc) is 2.99. The molecule has 1 aromatic rings. The van der Waals surface area contributed by atoms with E-state index in [0.29, 0.717) is 19.4 Å². The monoisotopic (exact) mass is 312 g/mol. The molecule has 0 bridgehead atoms. The summed E-state index contributed by atoms with van der Waals surface area (Å²) in [6, 6.07) is 1.99. The fourth-order valence-corrected chi connectivity index (χ4v) is 3.31. The molecule has 21 heavy (non-hydrogen) atoms. The van der Waals surface area contributed by atoms with Gasteiger partial charge in [0, 0.05) is 25.0 Å². The van der Waals surface area contributed by atoms with Crippen LogP contribution in [0, 0.1) is 5.92 Å². The number of carbonyl (C=O) groups is 1. The minimum Gasteiger partial charge on any atom is -0.475 e. The first-order valence-electron chi connectivity index (χ1n) is 7.03. The Balaban J connectivity index is 2.32. The molecule has 3 atom stereocenters. The smallest absolute Gasteiger partial charge is 0.370 e. The first kappa shape index (κ1) is 16.0. The summed E-state index contributed by atoms with van der Waals surface area (Å²) in [5, 5.41) is 22.3. The zero-order chi connectivity index (χ0) is 15.2. The summed E-state index contributed by atoms with van der Waals surface area (Å²) in [5.41, 5.74) is 1.06. The third-order valence-electron chi connectivity index (χ3n) is 3.55. The van der Waals surface area contributed by atoms with Crippen LogP contribution in [0.1, 0.15) is 31.2 Å². The minimum absolute atomic E-state index is 0.00481. The van der Waals surface area contributed by atoms with Crippen LogP contribution in [0.15, 0.2) is 28.7 Å². The van der Waals surface area contributed by atoms with E-state index >= 15 is 0 Å². The molecule has 6 heteroatoms. The van der Waals surface area contributed by atoms with Gasteiger partial charge in [0.1, 0.15) is 0 Å². The molecule has 1 aromatic heterocycles. The highest BCUT2D eigenvalue weighted by Gasteiger charge is 2.37. The molecule has 0 radical (unpaired) electrons. The molecule has 0 fully saturated rings. The summed E-state index contributed by atoms with van der Waals surface area (Å²) in [5.74, 6) is -1.22. The van der Waals surface area contributed by atoms with Crippen LogP contribution in [0.3, 0.4) is 0 Å². The van der Waals surface area contributed by atoms with Gasteiger partial charge < -0.3 is 19.7 Å². The maximum Gasteiger partial charge on any atom is 0.370 e. The average molecular weight is 312 g/mol. The number of carboxylic acid groups (broad SMARTS) is 1. The van der Waals surface area contributed by atoms with Gasteiger partial charge in [-0.2, -0.15) is 11.3 Å². The number of ether oxygens (including phenoxy) is 2. The van der Waals surface area contributed by atoms with Crippen molar-refractivity contribution in [1.82, 2.24) is 0 Å². The second kappa shape index (κ2) is 7.59. The number of thiophene rings is 1. The number of aliphatic hydroxyl groups is 1. The quantitative estimate of drug-likeness (QED) is 0.809. The zero-order valence-corrected chi connectivity index (χ0v) is 12.7. The summed E-state index contributed by atoms with van der Waals surface area (Å²) >= 11 is 1.58. The highest BCUT2D eigenvalue weighted by molar-refractivity contribution is 7.08. The largest absolute Gasteiger partial charge is 0.475 e. The molecule has 1 aliphatic rings. The molecular formula is C15H20O5S.